The van der Waals surface area contributed by atoms with E-state index < -0.39 is 15.8 Å². The lowest BCUT2D eigenvalue weighted by atomic mass is 10.1. The third-order valence-electron chi connectivity index (χ3n) is 4.00. The molecule has 1 aliphatic rings. The van der Waals surface area contributed by atoms with Crippen LogP contribution in [0.5, 0.6) is 0 Å². The highest BCUT2D eigenvalue weighted by Crippen LogP contribution is 2.25. The first-order chi connectivity index (χ1) is 13.4. The Morgan fingerprint density at radius 1 is 1.04 bits per heavy atom. The van der Waals surface area contributed by atoms with Gasteiger partial charge >= 0.3 is 5.97 Å². The Balaban J connectivity index is 1.83. The van der Waals surface area contributed by atoms with E-state index in [1.165, 1.54) is 30.3 Å². The van der Waals surface area contributed by atoms with Crippen molar-refractivity contribution < 1.29 is 19.4 Å². The number of hydrogen-bond acceptors (Lipinski definition) is 7. The molecule has 0 atom stereocenters. The van der Waals surface area contributed by atoms with E-state index in [4.69, 9.17) is 4.74 Å². The van der Waals surface area contributed by atoms with Crippen molar-refractivity contribution in [2.45, 2.75) is 6.92 Å². The third-order valence-corrected chi connectivity index (χ3v) is 4.00. The first-order valence-electron chi connectivity index (χ1n) is 8.05. The molecule has 0 spiro atoms. The van der Waals surface area contributed by atoms with E-state index in [0.29, 0.717) is 16.7 Å². The lowest BCUT2D eigenvalue weighted by molar-refractivity contribution is -0.385. The van der Waals surface area contributed by atoms with Gasteiger partial charge in [0.05, 0.1) is 9.85 Å². The molecule has 3 rings (SSSR count). The number of hydrogen-bond donors (Lipinski definition) is 0. The van der Waals surface area contributed by atoms with Crippen molar-refractivity contribution in [2.24, 2.45) is 4.99 Å². The number of esters is 1. The number of cyclic esters (lactones) is 1. The van der Waals surface area contributed by atoms with E-state index in [0.717, 1.165) is 0 Å². The van der Waals surface area contributed by atoms with Crippen molar-refractivity contribution in [1.82, 2.24) is 0 Å². The van der Waals surface area contributed by atoms with Gasteiger partial charge in [-0.1, -0.05) is 18.2 Å². The molecule has 0 unspecified atom stereocenters. The molecule has 9 nitrogen and oxygen atoms in total. The van der Waals surface area contributed by atoms with Crippen LogP contribution < -0.4 is 0 Å². The number of aliphatic imine (C=N–C) groups is 1. The Bertz CT molecular complexity index is 1070. The highest BCUT2D eigenvalue weighted by molar-refractivity contribution is 6.12. The summed E-state index contributed by atoms with van der Waals surface area (Å²) in [6.07, 6.45) is 4.64. The zero-order chi connectivity index (χ0) is 20.3. The molecule has 0 bridgehead atoms. The van der Waals surface area contributed by atoms with Gasteiger partial charge in [-0.25, -0.2) is 9.79 Å². The zero-order valence-electron chi connectivity index (χ0n) is 14.6. The van der Waals surface area contributed by atoms with Gasteiger partial charge in [-0.05, 0) is 36.8 Å². The van der Waals surface area contributed by atoms with Crippen LogP contribution in [0.15, 0.2) is 65.3 Å². The topological polar surface area (TPSA) is 125 Å². The van der Waals surface area contributed by atoms with Crippen LogP contribution in [0, 0.1) is 27.2 Å². The molecule has 0 N–H and O–H groups in total. The number of ether oxygens (including phenoxy) is 1. The van der Waals surface area contributed by atoms with Gasteiger partial charge < -0.3 is 4.74 Å². The van der Waals surface area contributed by atoms with Gasteiger partial charge in [-0.3, -0.25) is 20.2 Å². The summed E-state index contributed by atoms with van der Waals surface area (Å²) in [5.41, 5.74) is 1.35. The largest absolute Gasteiger partial charge is 0.402 e. The molecule has 0 aromatic heterocycles. The minimum atomic E-state index is -0.672. The minimum absolute atomic E-state index is 0.00110. The summed E-state index contributed by atoms with van der Waals surface area (Å²) in [7, 11) is 0. The van der Waals surface area contributed by atoms with Crippen LogP contribution >= 0.6 is 0 Å². The monoisotopic (exact) mass is 379 g/mol. The molecule has 0 radical (unpaired) electrons. The molecule has 0 aliphatic carbocycles. The molecule has 0 saturated heterocycles. The second-order valence-corrected chi connectivity index (χ2v) is 5.77. The molecular weight excluding hydrogens is 366 g/mol. The predicted molar refractivity (Wildman–Crippen MR) is 101 cm³/mol. The summed E-state index contributed by atoms with van der Waals surface area (Å²) >= 11 is 0. The number of carbonyl (C=O) groups excluding carboxylic acids is 1. The zero-order valence-corrected chi connectivity index (χ0v) is 14.6. The second kappa shape index (κ2) is 7.62. The number of nitrogens with zero attached hydrogens (tertiary/aromatic N) is 3. The average molecular weight is 379 g/mol. The van der Waals surface area contributed by atoms with E-state index in [9.17, 15) is 25.0 Å². The second-order valence-electron chi connectivity index (χ2n) is 5.77. The fraction of sp³-hybridized carbons (Fsp3) is 0.0526. The summed E-state index contributed by atoms with van der Waals surface area (Å²) in [5, 5.41) is 21.7. The van der Waals surface area contributed by atoms with Crippen LogP contribution in [-0.2, 0) is 9.53 Å². The highest BCUT2D eigenvalue weighted by atomic mass is 16.6. The Morgan fingerprint density at radius 2 is 1.75 bits per heavy atom. The molecule has 2 aromatic rings. The van der Waals surface area contributed by atoms with Gasteiger partial charge in [0, 0.05) is 29.3 Å². The SMILES string of the molecule is Cc1c(C2=N/C(=C\C=C\c3ccc([N+](=O)[O-])cc3)C(=O)O2)cccc1[N+](=O)[O-]. The quantitative estimate of drug-likeness (QED) is 0.337. The molecule has 1 aliphatic heterocycles. The predicted octanol–water partition coefficient (Wildman–Crippen LogP) is 3.71. The minimum Gasteiger partial charge on any atom is -0.402 e. The molecule has 9 heteroatoms. The lowest BCUT2D eigenvalue weighted by Gasteiger charge is -2.04. The molecule has 1 heterocycles. The number of rotatable bonds is 5. The number of non-ortho nitro benzene ring substituents is 1. The number of nitro benzene ring substituents is 2. The summed E-state index contributed by atoms with van der Waals surface area (Å²) in [6.45, 7) is 1.56. The third kappa shape index (κ3) is 3.83. The number of benzene rings is 2. The normalized spacial score (nSPS) is 15.0. The Kier molecular flexibility index (Phi) is 5.07. The van der Waals surface area contributed by atoms with Crippen LogP contribution in [0.3, 0.4) is 0 Å². The first kappa shape index (κ1) is 18.6. The van der Waals surface area contributed by atoms with Crippen LogP contribution in [0.4, 0.5) is 11.4 Å². The maximum absolute atomic E-state index is 12.0. The maximum atomic E-state index is 12.0. The van der Waals surface area contributed by atoms with Crippen LogP contribution in [-0.4, -0.2) is 21.7 Å². The Morgan fingerprint density at radius 3 is 2.39 bits per heavy atom. The molecular formula is C19H13N3O6. The molecule has 0 saturated carbocycles. The summed E-state index contributed by atoms with van der Waals surface area (Å²) < 4.78 is 5.13. The summed E-state index contributed by atoms with van der Waals surface area (Å²) in [6, 6.07) is 10.3. The van der Waals surface area contributed by atoms with Crippen molar-refractivity contribution in [2.75, 3.05) is 0 Å². The van der Waals surface area contributed by atoms with Gasteiger partial charge in [-0.2, -0.15) is 0 Å². The summed E-state index contributed by atoms with van der Waals surface area (Å²) in [4.78, 5) is 36.8. The van der Waals surface area contributed by atoms with Crippen molar-refractivity contribution in [3.63, 3.8) is 0 Å². The maximum Gasteiger partial charge on any atom is 0.363 e. The van der Waals surface area contributed by atoms with Crippen LogP contribution in [0.25, 0.3) is 6.08 Å². The van der Waals surface area contributed by atoms with Gasteiger partial charge in [0.25, 0.3) is 11.4 Å². The van der Waals surface area contributed by atoms with E-state index in [1.807, 2.05) is 0 Å². The Labute approximate surface area is 158 Å². The smallest absolute Gasteiger partial charge is 0.363 e. The van der Waals surface area contributed by atoms with Crippen molar-refractivity contribution in [3.8, 4) is 0 Å². The van der Waals surface area contributed by atoms with Gasteiger partial charge in [0.2, 0.25) is 5.90 Å². The van der Waals surface area contributed by atoms with Crippen molar-refractivity contribution >= 4 is 29.3 Å². The van der Waals surface area contributed by atoms with E-state index in [2.05, 4.69) is 4.99 Å². The standard InChI is InChI=1S/C19H13N3O6/c1-12-15(5-3-7-17(12)22(26)27)18-20-16(19(23)28-18)6-2-4-13-8-10-14(11-9-13)21(24)25/h2-11H,1H3/b4-2+,16-6-. The van der Waals surface area contributed by atoms with Gasteiger partial charge in [0.15, 0.2) is 5.70 Å². The first-order valence-corrected chi connectivity index (χ1v) is 8.05. The fourth-order valence-corrected chi connectivity index (χ4v) is 2.55. The lowest BCUT2D eigenvalue weighted by Crippen LogP contribution is -2.08. The fourth-order valence-electron chi connectivity index (χ4n) is 2.55. The van der Waals surface area contributed by atoms with E-state index >= 15 is 0 Å². The molecule has 2 aromatic carbocycles. The number of allylic oxidation sites excluding steroid dienone is 2. The molecule has 0 fully saturated rings. The van der Waals surface area contributed by atoms with Crippen molar-refractivity contribution in [3.05, 3.63) is 97.2 Å². The average Bonchev–Trinajstić information content (AvgIpc) is 3.02. The van der Waals surface area contributed by atoms with E-state index in [1.54, 1.807) is 37.3 Å². The van der Waals surface area contributed by atoms with Crippen LogP contribution in [0.1, 0.15) is 16.7 Å². The number of carbonyl (C=O) groups is 1. The highest BCUT2D eigenvalue weighted by Gasteiger charge is 2.26. The molecule has 140 valence electrons. The van der Waals surface area contributed by atoms with E-state index in [-0.39, 0.29) is 23.0 Å². The Hall–Kier alpha value is -4.14. The molecule has 0 amide bonds. The van der Waals surface area contributed by atoms with Crippen LogP contribution in [0.2, 0.25) is 0 Å². The molecule has 28 heavy (non-hydrogen) atoms. The van der Waals surface area contributed by atoms with Gasteiger partial charge in [-0.15, -0.1) is 0 Å². The number of nitro groups is 2. The van der Waals surface area contributed by atoms with Crippen molar-refractivity contribution in [1.29, 1.82) is 0 Å². The summed E-state index contributed by atoms with van der Waals surface area (Å²) in [5.74, 6) is -0.671. The van der Waals surface area contributed by atoms with Gasteiger partial charge in [0.1, 0.15) is 0 Å².